The van der Waals surface area contributed by atoms with E-state index in [1.54, 1.807) is 14.2 Å². The van der Waals surface area contributed by atoms with Gasteiger partial charge in [-0.1, -0.05) is 0 Å². The number of hydrogen-bond acceptors (Lipinski definition) is 3. The highest BCUT2D eigenvalue weighted by atomic mass is 35.5. The third-order valence-electron chi connectivity index (χ3n) is 2.57. The van der Waals surface area contributed by atoms with E-state index in [1.807, 2.05) is 19.1 Å². The highest BCUT2D eigenvalue weighted by Gasteiger charge is 2.14. The molecule has 0 spiro atoms. The molecule has 0 aromatic heterocycles. The van der Waals surface area contributed by atoms with Crippen molar-refractivity contribution in [2.75, 3.05) is 20.1 Å². The van der Waals surface area contributed by atoms with Gasteiger partial charge in [0.2, 0.25) is 0 Å². The van der Waals surface area contributed by atoms with E-state index in [0.29, 0.717) is 12.3 Å². The first-order chi connectivity index (χ1) is 7.63. The fourth-order valence-electron chi connectivity index (χ4n) is 1.64. The van der Waals surface area contributed by atoms with Crippen molar-refractivity contribution in [1.29, 1.82) is 0 Å². The molecule has 0 saturated carbocycles. The molecule has 1 rings (SSSR count). The molecule has 4 heteroatoms. The van der Waals surface area contributed by atoms with E-state index in [9.17, 15) is 0 Å². The number of rotatable bonds is 5. The zero-order chi connectivity index (χ0) is 12.1. The topological polar surface area (TPSA) is 44.5 Å². The molecular formula is C12H18ClNO2. The van der Waals surface area contributed by atoms with E-state index in [0.717, 1.165) is 22.6 Å². The molecule has 16 heavy (non-hydrogen) atoms. The minimum Gasteiger partial charge on any atom is -0.496 e. The van der Waals surface area contributed by atoms with Crippen molar-refractivity contribution in [1.82, 2.24) is 0 Å². The van der Waals surface area contributed by atoms with Crippen molar-refractivity contribution in [3.05, 3.63) is 23.3 Å². The first kappa shape index (κ1) is 13.1. The van der Waals surface area contributed by atoms with Gasteiger partial charge in [-0.15, -0.1) is 11.6 Å². The Balaban J connectivity index is 3.13. The third-order valence-corrected chi connectivity index (χ3v) is 2.79. The van der Waals surface area contributed by atoms with E-state index in [-0.39, 0.29) is 6.04 Å². The fraction of sp³-hybridized carbons (Fsp3) is 0.500. The molecule has 2 N–H and O–H groups in total. The van der Waals surface area contributed by atoms with Crippen molar-refractivity contribution in [2.45, 2.75) is 19.4 Å². The highest BCUT2D eigenvalue weighted by molar-refractivity contribution is 6.17. The van der Waals surface area contributed by atoms with E-state index in [2.05, 4.69) is 0 Å². The molecule has 0 aliphatic rings. The molecule has 0 fully saturated rings. The van der Waals surface area contributed by atoms with Gasteiger partial charge in [-0.05, 0) is 31.0 Å². The number of ether oxygens (including phenoxy) is 2. The number of halogens is 1. The van der Waals surface area contributed by atoms with Crippen molar-refractivity contribution in [3.8, 4) is 11.5 Å². The number of methoxy groups -OCH3 is 2. The molecule has 0 saturated heterocycles. The molecule has 1 aromatic carbocycles. The molecule has 0 aliphatic carbocycles. The van der Waals surface area contributed by atoms with Crippen LogP contribution in [0.4, 0.5) is 0 Å². The van der Waals surface area contributed by atoms with E-state index < -0.39 is 0 Å². The van der Waals surface area contributed by atoms with Gasteiger partial charge in [-0.3, -0.25) is 0 Å². The van der Waals surface area contributed by atoms with Crippen LogP contribution in [0.5, 0.6) is 11.5 Å². The summed E-state index contributed by atoms with van der Waals surface area (Å²) >= 11 is 5.69. The number of nitrogens with two attached hydrogens (primary N) is 1. The van der Waals surface area contributed by atoms with Gasteiger partial charge in [-0.25, -0.2) is 0 Å². The zero-order valence-electron chi connectivity index (χ0n) is 9.92. The zero-order valence-corrected chi connectivity index (χ0v) is 10.7. The van der Waals surface area contributed by atoms with Crippen LogP contribution in [0, 0.1) is 6.92 Å². The highest BCUT2D eigenvalue weighted by Crippen LogP contribution is 2.32. The lowest BCUT2D eigenvalue weighted by Gasteiger charge is -2.17. The fourth-order valence-corrected chi connectivity index (χ4v) is 1.87. The number of aryl methyl sites for hydroxylation is 1. The summed E-state index contributed by atoms with van der Waals surface area (Å²) in [5, 5.41) is 0. The molecule has 0 amide bonds. The Morgan fingerprint density at radius 1 is 1.25 bits per heavy atom. The second-order valence-electron chi connectivity index (χ2n) is 3.65. The largest absolute Gasteiger partial charge is 0.496 e. The summed E-state index contributed by atoms with van der Waals surface area (Å²) in [6, 6.07) is 3.73. The van der Waals surface area contributed by atoms with E-state index >= 15 is 0 Å². The average molecular weight is 244 g/mol. The van der Waals surface area contributed by atoms with Gasteiger partial charge in [0, 0.05) is 17.5 Å². The lowest BCUT2D eigenvalue weighted by atomic mass is 10.0. The molecule has 0 bridgehead atoms. The minimum atomic E-state index is -0.123. The normalized spacial score (nSPS) is 12.3. The van der Waals surface area contributed by atoms with Crippen LogP contribution < -0.4 is 15.2 Å². The Labute approximate surface area is 101 Å². The van der Waals surface area contributed by atoms with E-state index in [4.69, 9.17) is 26.8 Å². The van der Waals surface area contributed by atoms with Gasteiger partial charge < -0.3 is 15.2 Å². The van der Waals surface area contributed by atoms with Gasteiger partial charge >= 0.3 is 0 Å². The van der Waals surface area contributed by atoms with Crippen molar-refractivity contribution >= 4 is 11.6 Å². The second kappa shape index (κ2) is 5.97. The average Bonchev–Trinajstić information content (AvgIpc) is 2.28. The molecule has 0 aliphatic heterocycles. The van der Waals surface area contributed by atoms with Crippen LogP contribution in [0.25, 0.3) is 0 Å². The summed E-state index contributed by atoms with van der Waals surface area (Å²) in [4.78, 5) is 0. The smallest absolute Gasteiger partial charge is 0.124 e. The van der Waals surface area contributed by atoms with Gasteiger partial charge in [0.1, 0.15) is 11.5 Å². The molecule has 1 unspecified atom stereocenters. The van der Waals surface area contributed by atoms with Crippen LogP contribution in [-0.4, -0.2) is 20.1 Å². The van der Waals surface area contributed by atoms with Gasteiger partial charge in [0.05, 0.1) is 14.2 Å². The van der Waals surface area contributed by atoms with E-state index in [1.165, 1.54) is 0 Å². The van der Waals surface area contributed by atoms with Crippen LogP contribution >= 0.6 is 11.6 Å². The SMILES string of the molecule is COc1cc(C(N)CCCl)c(OC)cc1C. The van der Waals surface area contributed by atoms with Crippen molar-refractivity contribution in [3.63, 3.8) is 0 Å². The Hall–Kier alpha value is -0.930. The quantitative estimate of drug-likeness (QED) is 0.809. The molecule has 1 atom stereocenters. The van der Waals surface area contributed by atoms with Crippen molar-refractivity contribution in [2.24, 2.45) is 5.73 Å². The second-order valence-corrected chi connectivity index (χ2v) is 4.03. The number of alkyl halides is 1. The van der Waals surface area contributed by atoms with Crippen molar-refractivity contribution < 1.29 is 9.47 Å². The molecule has 0 radical (unpaired) electrons. The molecule has 3 nitrogen and oxygen atoms in total. The van der Waals surface area contributed by atoms with Gasteiger partial charge in [-0.2, -0.15) is 0 Å². The standard InChI is InChI=1S/C12H18ClNO2/c1-8-6-12(16-3)9(7-11(8)15-2)10(14)4-5-13/h6-7,10H,4-5,14H2,1-3H3. The maximum absolute atomic E-state index is 6.04. The lowest BCUT2D eigenvalue weighted by molar-refractivity contribution is 0.392. The first-order valence-electron chi connectivity index (χ1n) is 5.18. The molecule has 1 aromatic rings. The summed E-state index contributed by atoms with van der Waals surface area (Å²) in [7, 11) is 3.28. The summed E-state index contributed by atoms with van der Waals surface area (Å²) in [6.07, 6.45) is 0.712. The molecule has 90 valence electrons. The van der Waals surface area contributed by atoms with Gasteiger partial charge in [0.15, 0.2) is 0 Å². The Morgan fingerprint density at radius 2 is 1.88 bits per heavy atom. The third kappa shape index (κ3) is 2.80. The Bertz CT molecular complexity index is 355. The maximum atomic E-state index is 6.04. The number of benzene rings is 1. The summed E-state index contributed by atoms with van der Waals surface area (Å²) < 4.78 is 10.6. The first-order valence-corrected chi connectivity index (χ1v) is 5.71. The maximum Gasteiger partial charge on any atom is 0.124 e. The number of hydrogen-bond donors (Lipinski definition) is 1. The monoisotopic (exact) mass is 243 g/mol. The lowest BCUT2D eigenvalue weighted by Crippen LogP contribution is -2.12. The molecule has 0 heterocycles. The van der Waals surface area contributed by atoms with Crippen LogP contribution in [0.1, 0.15) is 23.6 Å². The Kier molecular flexibility index (Phi) is 4.90. The summed E-state index contributed by atoms with van der Waals surface area (Å²) in [5.74, 6) is 2.14. The molecular weight excluding hydrogens is 226 g/mol. The minimum absolute atomic E-state index is 0.123. The van der Waals surface area contributed by atoms with Crippen LogP contribution in [0.15, 0.2) is 12.1 Å². The Morgan fingerprint density at radius 3 is 2.38 bits per heavy atom. The van der Waals surface area contributed by atoms with Crippen LogP contribution in [0.3, 0.4) is 0 Å². The summed E-state index contributed by atoms with van der Waals surface area (Å²) in [6.45, 7) is 1.97. The van der Waals surface area contributed by atoms with Crippen LogP contribution in [0.2, 0.25) is 0 Å². The van der Waals surface area contributed by atoms with Gasteiger partial charge in [0.25, 0.3) is 0 Å². The predicted molar refractivity (Wildman–Crippen MR) is 66.5 cm³/mol. The van der Waals surface area contributed by atoms with Crippen LogP contribution in [-0.2, 0) is 0 Å². The predicted octanol–water partition coefficient (Wildman–Crippen LogP) is 2.64. The summed E-state index contributed by atoms with van der Waals surface area (Å²) in [5.41, 5.74) is 8.00.